The lowest BCUT2D eigenvalue weighted by atomic mass is 10.3. The number of rotatable bonds is 8. The maximum atomic E-state index is 12.6. The van der Waals surface area contributed by atoms with E-state index in [9.17, 15) is 9.36 Å². The first-order valence-corrected chi connectivity index (χ1v) is 8.03. The summed E-state index contributed by atoms with van der Waals surface area (Å²) in [6.07, 6.45) is 0.470. The summed E-state index contributed by atoms with van der Waals surface area (Å²) in [5, 5.41) is 0. The molecule has 20 heavy (non-hydrogen) atoms. The number of carbonyl (C=O) groups excluding carboxylic acids is 1. The van der Waals surface area contributed by atoms with Crippen LogP contribution in [-0.2, 0) is 18.6 Å². The molecular formula is C14H19O5P. The van der Waals surface area contributed by atoms with Crippen molar-refractivity contribution < 1.29 is 23.1 Å². The molecule has 6 heteroatoms. The van der Waals surface area contributed by atoms with Crippen LogP contribution in [0, 0.1) is 0 Å². The largest absolute Gasteiger partial charge is 0.464 e. The van der Waals surface area contributed by atoms with Gasteiger partial charge in [-0.15, -0.1) is 6.58 Å². The molecule has 0 radical (unpaired) electrons. The van der Waals surface area contributed by atoms with Crippen LogP contribution in [0.1, 0.15) is 13.8 Å². The predicted octanol–water partition coefficient (Wildman–Crippen LogP) is 3.41. The molecule has 1 aromatic carbocycles. The smallest absolute Gasteiger partial charge is 0.383 e. The van der Waals surface area contributed by atoms with E-state index < -0.39 is 19.7 Å². The molecule has 1 aromatic rings. The summed E-state index contributed by atoms with van der Waals surface area (Å²) in [6, 6.07) is 8.64. The zero-order valence-corrected chi connectivity index (χ0v) is 12.5. The quantitative estimate of drug-likeness (QED) is 0.418. The lowest BCUT2D eigenvalue weighted by Crippen LogP contribution is -2.23. The molecule has 2 unspecified atom stereocenters. The molecule has 2 atom stereocenters. The monoisotopic (exact) mass is 298 g/mol. The number of para-hydroxylation sites is 1. The fraction of sp³-hybridized carbons (Fsp3) is 0.357. The Morgan fingerprint density at radius 1 is 1.40 bits per heavy atom. The Balaban J connectivity index is 2.78. The van der Waals surface area contributed by atoms with Crippen LogP contribution in [0.5, 0.6) is 5.75 Å². The number of ether oxygens (including phenoxy) is 1. The van der Waals surface area contributed by atoms with Gasteiger partial charge in [0.2, 0.25) is 0 Å². The number of allylic oxidation sites excluding steroid dienone is 1. The van der Waals surface area contributed by atoms with E-state index in [1.807, 2.05) is 6.07 Å². The lowest BCUT2D eigenvalue weighted by Gasteiger charge is -2.21. The van der Waals surface area contributed by atoms with Crippen molar-refractivity contribution in [2.24, 2.45) is 0 Å². The van der Waals surface area contributed by atoms with Gasteiger partial charge in [0, 0.05) is 0 Å². The van der Waals surface area contributed by atoms with Crippen LogP contribution in [-0.4, -0.2) is 24.8 Å². The summed E-state index contributed by atoms with van der Waals surface area (Å²) in [5.74, 6) is -0.165. The highest BCUT2D eigenvalue weighted by atomic mass is 31.2. The summed E-state index contributed by atoms with van der Waals surface area (Å²) in [6.45, 7) is 6.92. The maximum absolute atomic E-state index is 12.6. The van der Waals surface area contributed by atoms with E-state index in [2.05, 4.69) is 6.58 Å². The van der Waals surface area contributed by atoms with Gasteiger partial charge in [-0.25, -0.2) is 9.36 Å². The second kappa shape index (κ2) is 7.88. The van der Waals surface area contributed by atoms with Crippen LogP contribution in [0.3, 0.4) is 0 Å². The highest BCUT2D eigenvalue weighted by molar-refractivity contribution is 7.54. The van der Waals surface area contributed by atoms with Crippen molar-refractivity contribution >= 4 is 13.6 Å². The molecule has 0 bridgehead atoms. The molecule has 0 heterocycles. The minimum Gasteiger partial charge on any atom is -0.464 e. The van der Waals surface area contributed by atoms with Gasteiger partial charge >= 0.3 is 13.6 Å². The van der Waals surface area contributed by atoms with E-state index in [4.69, 9.17) is 13.8 Å². The van der Waals surface area contributed by atoms with Gasteiger partial charge in [-0.05, 0) is 26.0 Å². The number of benzene rings is 1. The van der Waals surface area contributed by atoms with Gasteiger partial charge in [0.25, 0.3) is 0 Å². The van der Waals surface area contributed by atoms with E-state index in [0.29, 0.717) is 5.75 Å². The standard InChI is InChI=1S/C14H19O5P/c1-4-11-20(16,18-12(3)14(15)17-5-2)19-13-9-7-6-8-10-13/h4,6-10,12H,1,5,11H2,2-3H3. The highest BCUT2D eigenvalue weighted by Crippen LogP contribution is 2.49. The van der Waals surface area contributed by atoms with Gasteiger partial charge < -0.3 is 9.26 Å². The molecular weight excluding hydrogens is 279 g/mol. The zero-order chi connectivity index (χ0) is 15.0. The molecule has 0 saturated carbocycles. The summed E-state index contributed by atoms with van der Waals surface area (Å²) < 4.78 is 28.1. The van der Waals surface area contributed by atoms with Gasteiger partial charge in [-0.2, -0.15) is 0 Å². The Kier molecular flexibility index (Phi) is 6.49. The lowest BCUT2D eigenvalue weighted by molar-refractivity contribution is -0.150. The number of carbonyl (C=O) groups is 1. The molecule has 0 N–H and O–H groups in total. The van der Waals surface area contributed by atoms with Gasteiger partial charge in [-0.3, -0.25) is 4.52 Å². The van der Waals surface area contributed by atoms with E-state index >= 15 is 0 Å². The molecule has 1 rings (SSSR count). The summed E-state index contributed by atoms with van der Waals surface area (Å²) >= 11 is 0. The third kappa shape index (κ3) is 5.19. The molecule has 5 nitrogen and oxygen atoms in total. The predicted molar refractivity (Wildman–Crippen MR) is 76.9 cm³/mol. The summed E-state index contributed by atoms with van der Waals surface area (Å²) in [7, 11) is -3.49. The second-order valence-electron chi connectivity index (χ2n) is 3.99. The van der Waals surface area contributed by atoms with Crippen molar-refractivity contribution in [2.75, 3.05) is 12.8 Å². The molecule has 0 spiro atoms. The highest BCUT2D eigenvalue weighted by Gasteiger charge is 2.31. The molecule has 0 aliphatic carbocycles. The normalized spacial score (nSPS) is 14.9. The minimum absolute atomic E-state index is 0.00559. The Morgan fingerprint density at radius 3 is 2.60 bits per heavy atom. The average Bonchev–Trinajstić information content (AvgIpc) is 2.40. The first-order valence-electron chi connectivity index (χ1n) is 6.30. The van der Waals surface area contributed by atoms with Crippen LogP contribution in [0.25, 0.3) is 0 Å². The number of hydrogen-bond acceptors (Lipinski definition) is 5. The third-order valence-electron chi connectivity index (χ3n) is 2.28. The maximum Gasteiger partial charge on any atom is 0.383 e. The van der Waals surface area contributed by atoms with Crippen LogP contribution < -0.4 is 4.52 Å². The first-order chi connectivity index (χ1) is 9.50. The van der Waals surface area contributed by atoms with Crippen LogP contribution in [0.15, 0.2) is 43.0 Å². The fourth-order valence-corrected chi connectivity index (χ4v) is 2.98. The van der Waals surface area contributed by atoms with E-state index in [1.165, 1.54) is 13.0 Å². The molecule has 0 aliphatic heterocycles. The third-order valence-corrected chi connectivity index (χ3v) is 4.11. The zero-order valence-electron chi connectivity index (χ0n) is 11.7. The molecule has 0 amide bonds. The number of hydrogen-bond donors (Lipinski definition) is 0. The first kappa shape index (κ1) is 16.5. The van der Waals surface area contributed by atoms with E-state index in [-0.39, 0.29) is 12.8 Å². The molecule has 0 aromatic heterocycles. The topological polar surface area (TPSA) is 61.8 Å². The van der Waals surface area contributed by atoms with Crippen molar-refractivity contribution in [1.29, 1.82) is 0 Å². The van der Waals surface area contributed by atoms with Crippen molar-refractivity contribution in [3.8, 4) is 5.75 Å². The van der Waals surface area contributed by atoms with Crippen LogP contribution in [0.4, 0.5) is 0 Å². The number of esters is 1. The van der Waals surface area contributed by atoms with Gasteiger partial charge in [0.05, 0.1) is 12.8 Å². The van der Waals surface area contributed by atoms with Crippen molar-refractivity contribution in [2.45, 2.75) is 20.0 Å². The van der Waals surface area contributed by atoms with Crippen molar-refractivity contribution in [3.63, 3.8) is 0 Å². The van der Waals surface area contributed by atoms with Gasteiger partial charge in [0.15, 0.2) is 6.10 Å². The molecule has 0 saturated heterocycles. The molecule has 110 valence electrons. The van der Waals surface area contributed by atoms with E-state index in [1.54, 1.807) is 31.2 Å². The Bertz CT molecular complexity index is 486. The van der Waals surface area contributed by atoms with Crippen LogP contribution in [0.2, 0.25) is 0 Å². The molecule has 0 aliphatic rings. The second-order valence-corrected chi connectivity index (χ2v) is 5.97. The Hall–Kier alpha value is -1.58. The average molecular weight is 298 g/mol. The van der Waals surface area contributed by atoms with Crippen molar-refractivity contribution in [3.05, 3.63) is 43.0 Å². The Morgan fingerprint density at radius 2 is 2.05 bits per heavy atom. The van der Waals surface area contributed by atoms with Gasteiger partial charge in [-0.1, -0.05) is 24.3 Å². The SMILES string of the molecule is C=CCP(=O)(Oc1ccccc1)OC(C)C(=O)OCC. The van der Waals surface area contributed by atoms with Gasteiger partial charge in [0.1, 0.15) is 5.75 Å². The fourth-order valence-electron chi connectivity index (χ4n) is 1.45. The van der Waals surface area contributed by atoms with E-state index in [0.717, 1.165) is 0 Å². The van der Waals surface area contributed by atoms with Crippen LogP contribution >= 0.6 is 7.60 Å². The minimum atomic E-state index is -3.49. The summed E-state index contributed by atoms with van der Waals surface area (Å²) in [4.78, 5) is 11.5. The Labute approximate surface area is 119 Å². The van der Waals surface area contributed by atoms with Crippen molar-refractivity contribution in [1.82, 2.24) is 0 Å². The molecule has 0 fully saturated rings. The summed E-state index contributed by atoms with van der Waals surface area (Å²) in [5.41, 5.74) is 0.